The maximum absolute atomic E-state index is 4.42. The Kier molecular flexibility index (Phi) is 4.51. The highest BCUT2D eigenvalue weighted by Gasteiger charge is 2.22. The van der Waals surface area contributed by atoms with E-state index in [9.17, 15) is 0 Å². The lowest BCUT2D eigenvalue weighted by molar-refractivity contribution is 0.201. The van der Waals surface area contributed by atoms with Gasteiger partial charge in [-0.25, -0.2) is 4.98 Å². The fourth-order valence-electron chi connectivity index (χ4n) is 2.94. The lowest BCUT2D eigenvalue weighted by atomic mass is 9.91. The molecule has 0 spiro atoms. The Morgan fingerprint density at radius 3 is 3.10 bits per heavy atom. The van der Waals surface area contributed by atoms with Crippen LogP contribution in [0.4, 0.5) is 5.82 Å². The van der Waals surface area contributed by atoms with Crippen molar-refractivity contribution in [3.8, 4) is 0 Å². The molecule has 1 aliphatic heterocycles. The van der Waals surface area contributed by atoms with Crippen molar-refractivity contribution in [1.82, 2.24) is 14.9 Å². The highest BCUT2D eigenvalue weighted by Crippen LogP contribution is 2.29. The molecule has 3 rings (SSSR count). The maximum Gasteiger partial charge on any atom is 0.128 e. The monoisotopic (exact) mass is 302 g/mol. The zero-order valence-electron chi connectivity index (χ0n) is 12.7. The summed E-state index contributed by atoms with van der Waals surface area (Å²) in [7, 11) is 4.09. The number of piperidine rings is 1. The Morgan fingerprint density at radius 1 is 1.43 bits per heavy atom. The molecular formula is C16H22N4S. The molecule has 21 heavy (non-hydrogen) atoms. The molecule has 0 bridgehead atoms. The highest BCUT2D eigenvalue weighted by molar-refractivity contribution is 7.09. The van der Waals surface area contributed by atoms with Crippen molar-refractivity contribution in [3.63, 3.8) is 0 Å². The molecular weight excluding hydrogens is 280 g/mol. The van der Waals surface area contributed by atoms with Crippen LogP contribution < -0.4 is 4.90 Å². The average Bonchev–Trinajstić information content (AvgIpc) is 3.00. The van der Waals surface area contributed by atoms with E-state index in [2.05, 4.69) is 31.9 Å². The summed E-state index contributed by atoms with van der Waals surface area (Å²) in [6, 6.07) is 4.41. The SMILES string of the molecule is CN(C)c1cc(C2CCCN(Cc3cncs3)C2)ccn1. The van der Waals surface area contributed by atoms with Gasteiger partial charge in [-0.2, -0.15) is 0 Å². The van der Waals surface area contributed by atoms with Gasteiger partial charge in [-0.05, 0) is 43.0 Å². The van der Waals surface area contributed by atoms with Crippen molar-refractivity contribution >= 4 is 17.2 Å². The second kappa shape index (κ2) is 6.54. The topological polar surface area (TPSA) is 32.3 Å². The second-order valence-electron chi connectivity index (χ2n) is 5.88. The summed E-state index contributed by atoms with van der Waals surface area (Å²) < 4.78 is 0. The summed E-state index contributed by atoms with van der Waals surface area (Å²) >= 11 is 1.75. The van der Waals surface area contributed by atoms with E-state index in [1.54, 1.807) is 11.3 Å². The van der Waals surface area contributed by atoms with Crippen LogP contribution in [0.3, 0.4) is 0 Å². The van der Waals surface area contributed by atoms with Crippen molar-refractivity contribution in [3.05, 3.63) is 40.5 Å². The number of hydrogen-bond acceptors (Lipinski definition) is 5. The van der Waals surface area contributed by atoms with Gasteiger partial charge in [-0.15, -0.1) is 11.3 Å². The van der Waals surface area contributed by atoms with E-state index in [0.29, 0.717) is 5.92 Å². The van der Waals surface area contributed by atoms with E-state index in [4.69, 9.17) is 0 Å². The molecule has 1 aliphatic rings. The van der Waals surface area contributed by atoms with Gasteiger partial charge in [0.1, 0.15) is 5.82 Å². The van der Waals surface area contributed by atoms with Gasteiger partial charge in [0.05, 0.1) is 5.51 Å². The van der Waals surface area contributed by atoms with Crippen molar-refractivity contribution in [2.75, 3.05) is 32.1 Å². The number of anilines is 1. The standard InChI is InChI=1S/C16H22N4S/c1-19(2)16-8-13(5-6-18-16)14-4-3-7-20(10-14)11-15-9-17-12-21-15/h5-6,8-9,12,14H,3-4,7,10-11H2,1-2H3. The molecule has 0 radical (unpaired) electrons. The van der Waals surface area contributed by atoms with Crippen LogP contribution in [0.1, 0.15) is 29.2 Å². The number of aromatic nitrogens is 2. The van der Waals surface area contributed by atoms with E-state index in [1.165, 1.54) is 29.8 Å². The first-order valence-corrected chi connectivity index (χ1v) is 8.33. The summed E-state index contributed by atoms with van der Waals surface area (Å²) in [6.07, 6.45) is 6.47. The molecule has 112 valence electrons. The van der Waals surface area contributed by atoms with Gasteiger partial charge in [0, 0.05) is 44.5 Å². The third-order valence-corrected chi connectivity index (χ3v) is 4.83. The van der Waals surface area contributed by atoms with Gasteiger partial charge in [0.15, 0.2) is 0 Å². The molecule has 1 fully saturated rings. The number of thiazole rings is 1. The van der Waals surface area contributed by atoms with Gasteiger partial charge >= 0.3 is 0 Å². The van der Waals surface area contributed by atoms with E-state index >= 15 is 0 Å². The zero-order chi connectivity index (χ0) is 14.7. The largest absolute Gasteiger partial charge is 0.363 e. The van der Waals surface area contributed by atoms with Crippen LogP contribution >= 0.6 is 11.3 Å². The van der Waals surface area contributed by atoms with Gasteiger partial charge < -0.3 is 4.90 Å². The Balaban J connectivity index is 1.69. The predicted molar refractivity (Wildman–Crippen MR) is 87.9 cm³/mol. The molecule has 1 saturated heterocycles. The fourth-order valence-corrected chi connectivity index (χ4v) is 3.58. The summed E-state index contributed by atoms with van der Waals surface area (Å²) in [6.45, 7) is 3.36. The number of hydrogen-bond donors (Lipinski definition) is 0. The van der Waals surface area contributed by atoms with Gasteiger partial charge in [-0.3, -0.25) is 9.88 Å². The Labute approximate surface area is 130 Å². The summed E-state index contributed by atoms with van der Waals surface area (Å²) in [4.78, 5) is 14.6. The molecule has 0 saturated carbocycles. The molecule has 5 heteroatoms. The minimum absolute atomic E-state index is 0.619. The van der Waals surface area contributed by atoms with E-state index in [0.717, 1.165) is 18.9 Å². The van der Waals surface area contributed by atoms with Crippen molar-refractivity contribution in [1.29, 1.82) is 0 Å². The van der Waals surface area contributed by atoms with Crippen LogP contribution in [0.15, 0.2) is 30.0 Å². The molecule has 0 aromatic carbocycles. The minimum Gasteiger partial charge on any atom is -0.363 e. The van der Waals surface area contributed by atoms with Crippen molar-refractivity contribution in [2.45, 2.75) is 25.3 Å². The summed E-state index contributed by atoms with van der Waals surface area (Å²) in [5.41, 5.74) is 3.34. The van der Waals surface area contributed by atoms with Crippen LogP contribution in [-0.2, 0) is 6.54 Å². The molecule has 2 aromatic rings. The van der Waals surface area contributed by atoms with Gasteiger partial charge in [0.25, 0.3) is 0 Å². The van der Waals surface area contributed by atoms with Gasteiger partial charge in [-0.1, -0.05) is 0 Å². The van der Waals surface area contributed by atoms with Gasteiger partial charge in [0.2, 0.25) is 0 Å². The minimum atomic E-state index is 0.619. The Hall–Kier alpha value is -1.46. The number of rotatable bonds is 4. The molecule has 2 aromatic heterocycles. The quantitative estimate of drug-likeness (QED) is 0.869. The summed E-state index contributed by atoms with van der Waals surface area (Å²) in [5.74, 6) is 1.67. The van der Waals surface area contributed by atoms with Crippen LogP contribution in [0, 0.1) is 0 Å². The lowest BCUT2D eigenvalue weighted by Gasteiger charge is -2.32. The van der Waals surface area contributed by atoms with Crippen molar-refractivity contribution < 1.29 is 0 Å². The van der Waals surface area contributed by atoms with E-state index in [1.807, 2.05) is 32.0 Å². The van der Waals surface area contributed by atoms with Crippen molar-refractivity contribution in [2.24, 2.45) is 0 Å². The lowest BCUT2D eigenvalue weighted by Crippen LogP contribution is -2.33. The fraction of sp³-hybridized carbons (Fsp3) is 0.500. The first-order chi connectivity index (χ1) is 10.2. The second-order valence-corrected chi connectivity index (χ2v) is 6.85. The zero-order valence-corrected chi connectivity index (χ0v) is 13.5. The third kappa shape index (κ3) is 3.60. The van der Waals surface area contributed by atoms with E-state index < -0.39 is 0 Å². The van der Waals surface area contributed by atoms with Crippen LogP contribution in [0.25, 0.3) is 0 Å². The molecule has 1 atom stereocenters. The number of likely N-dealkylation sites (tertiary alicyclic amines) is 1. The Morgan fingerprint density at radius 2 is 2.33 bits per heavy atom. The Bertz CT molecular complexity index is 567. The van der Waals surface area contributed by atoms with Crippen LogP contribution in [-0.4, -0.2) is 42.1 Å². The average molecular weight is 302 g/mol. The summed E-state index contributed by atoms with van der Waals surface area (Å²) in [5, 5.41) is 0. The van der Waals surface area contributed by atoms with Crippen LogP contribution in [0.2, 0.25) is 0 Å². The third-order valence-electron chi connectivity index (χ3n) is 4.07. The number of nitrogens with zero attached hydrogens (tertiary/aromatic N) is 4. The maximum atomic E-state index is 4.42. The first kappa shape index (κ1) is 14.5. The van der Waals surface area contributed by atoms with E-state index in [-0.39, 0.29) is 0 Å². The molecule has 4 nitrogen and oxygen atoms in total. The molecule has 3 heterocycles. The first-order valence-electron chi connectivity index (χ1n) is 7.45. The normalized spacial score (nSPS) is 19.6. The predicted octanol–water partition coefficient (Wildman–Crippen LogP) is 2.98. The van der Waals surface area contributed by atoms with Crippen LogP contribution in [0.5, 0.6) is 0 Å². The molecule has 0 N–H and O–H groups in total. The molecule has 0 amide bonds. The smallest absolute Gasteiger partial charge is 0.128 e. The molecule has 1 unspecified atom stereocenters. The number of pyridine rings is 1. The highest BCUT2D eigenvalue weighted by atomic mass is 32.1. The molecule has 0 aliphatic carbocycles.